The lowest BCUT2D eigenvalue weighted by atomic mass is 10.2. The van der Waals surface area contributed by atoms with Crippen LogP contribution in [0.1, 0.15) is 18.1 Å². The summed E-state index contributed by atoms with van der Waals surface area (Å²) in [6, 6.07) is 11.9. The minimum absolute atomic E-state index is 0. The second-order valence-electron chi connectivity index (χ2n) is 5.74. The topological polar surface area (TPSA) is 61.8 Å². The van der Waals surface area contributed by atoms with E-state index in [9.17, 15) is 0 Å². The average molecular weight is 469 g/mol. The standard InChI is InChI=1S/C19H27N5O.HI/c1-5-20-19(22-13-15-9-6-7-11-17(15)25-4)23-14-16-10-8-12-21-18(16)24(2)3;/h6-12H,5,13-14H2,1-4H3,(H2,20,22,23);1H. The number of pyridine rings is 1. The fraction of sp³-hybridized carbons (Fsp3) is 0.368. The third-order valence-corrected chi connectivity index (χ3v) is 3.68. The third kappa shape index (κ3) is 6.36. The summed E-state index contributed by atoms with van der Waals surface area (Å²) in [4.78, 5) is 11.1. The first-order valence-electron chi connectivity index (χ1n) is 8.41. The molecule has 2 aromatic rings. The van der Waals surface area contributed by atoms with Crippen molar-refractivity contribution >= 4 is 35.8 Å². The Kier molecular flexibility index (Phi) is 9.79. The first-order valence-corrected chi connectivity index (χ1v) is 8.41. The summed E-state index contributed by atoms with van der Waals surface area (Å²) >= 11 is 0. The number of hydrogen-bond donors (Lipinski definition) is 2. The van der Waals surface area contributed by atoms with Gasteiger partial charge in [-0.2, -0.15) is 0 Å². The molecule has 1 aromatic carbocycles. The van der Waals surface area contributed by atoms with Gasteiger partial charge in [0.15, 0.2) is 5.96 Å². The van der Waals surface area contributed by atoms with E-state index in [1.54, 1.807) is 13.3 Å². The van der Waals surface area contributed by atoms with Crippen LogP contribution in [0.2, 0.25) is 0 Å². The highest BCUT2D eigenvalue weighted by Crippen LogP contribution is 2.18. The van der Waals surface area contributed by atoms with E-state index in [0.717, 1.165) is 35.2 Å². The zero-order chi connectivity index (χ0) is 18.1. The summed E-state index contributed by atoms with van der Waals surface area (Å²) < 4.78 is 5.39. The van der Waals surface area contributed by atoms with Crippen LogP contribution in [0.3, 0.4) is 0 Å². The molecule has 0 aliphatic carbocycles. The molecule has 2 N–H and O–H groups in total. The SMILES string of the molecule is CCNC(=NCc1ccccc1OC)NCc1cccnc1N(C)C.I. The molecule has 0 fully saturated rings. The van der Waals surface area contributed by atoms with Crippen LogP contribution >= 0.6 is 24.0 Å². The van der Waals surface area contributed by atoms with Crippen LogP contribution in [0, 0.1) is 0 Å². The molecule has 6 nitrogen and oxygen atoms in total. The van der Waals surface area contributed by atoms with E-state index in [4.69, 9.17) is 4.74 Å². The summed E-state index contributed by atoms with van der Waals surface area (Å²) in [7, 11) is 5.66. The lowest BCUT2D eigenvalue weighted by molar-refractivity contribution is 0.410. The van der Waals surface area contributed by atoms with Crippen molar-refractivity contribution in [1.29, 1.82) is 0 Å². The van der Waals surface area contributed by atoms with Crippen LogP contribution in [0.15, 0.2) is 47.6 Å². The number of aliphatic imine (C=N–C) groups is 1. The van der Waals surface area contributed by atoms with Gasteiger partial charge in [0.1, 0.15) is 11.6 Å². The fourth-order valence-electron chi connectivity index (χ4n) is 2.49. The van der Waals surface area contributed by atoms with Gasteiger partial charge in [0.2, 0.25) is 0 Å². The molecule has 0 radical (unpaired) electrons. The van der Waals surface area contributed by atoms with E-state index in [0.29, 0.717) is 13.1 Å². The van der Waals surface area contributed by atoms with E-state index in [1.165, 1.54) is 0 Å². The molecule has 0 saturated heterocycles. The summed E-state index contributed by atoms with van der Waals surface area (Å²) in [5.41, 5.74) is 2.17. The molecule has 0 bridgehead atoms. The maximum Gasteiger partial charge on any atom is 0.191 e. The monoisotopic (exact) mass is 469 g/mol. The Hall–Kier alpha value is -2.03. The number of para-hydroxylation sites is 1. The fourth-order valence-corrected chi connectivity index (χ4v) is 2.49. The van der Waals surface area contributed by atoms with Gasteiger partial charge >= 0.3 is 0 Å². The lowest BCUT2D eigenvalue weighted by Crippen LogP contribution is -2.37. The van der Waals surface area contributed by atoms with Gasteiger partial charge in [0.05, 0.1) is 13.7 Å². The zero-order valence-corrected chi connectivity index (χ0v) is 18.2. The Morgan fingerprint density at radius 3 is 2.54 bits per heavy atom. The largest absolute Gasteiger partial charge is 0.496 e. The normalized spacial score (nSPS) is 10.7. The van der Waals surface area contributed by atoms with Gasteiger partial charge in [-0.15, -0.1) is 24.0 Å². The van der Waals surface area contributed by atoms with E-state index >= 15 is 0 Å². The van der Waals surface area contributed by atoms with E-state index in [-0.39, 0.29) is 24.0 Å². The lowest BCUT2D eigenvalue weighted by Gasteiger charge is -2.17. The Morgan fingerprint density at radius 1 is 1.12 bits per heavy atom. The summed E-state index contributed by atoms with van der Waals surface area (Å²) in [5.74, 6) is 2.57. The molecule has 0 amide bonds. The third-order valence-electron chi connectivity index (χ3n) is 3.68. The molecule has 0 aliphatic heterocycles. The highest BCUT2D eigenvalue weighted by atomic mass is 127. The van der Waals surface area contributed by atoms with Crippen molar-refractivity contribution in [2.75, 3.05) is 32.6 Å². The molecule has 0 aliphatic rings. The van der Waals surface area contributed by atoms with Crippen molar-refractivity contribution in [3.8, 4) is 5.75 Å². The number of aromatic nitrogens is 1. The molecule has 0 unspecified atom stereocenters. The van der Waals surface area contributed by atoms with E-state index < -0.39 is 0 Å². The highest BCUT2D eigenvalue weighted by Gasteiger charge is 2.07. The van der Waals surface area contributed by atoms with Gasteiger partial charge in [-0.25, -0.2) is 9.98 Å². The van der Waals surface area contributed by atoms with E-state index in [1.807, 2.05) is 49.3 Å². The minimum Gasteiger partial charge on any atom is -0.496 e. The average Bonchev–Trinajstić information content (AvgIpc) is 2.64. The van der Waals surface area contributed by atoms with Crippen LogP contribution in [0.5, 0.6) is 5.75 Å². The molecule has 142 valence electrons. The molecule has 26 heavy (non-hydrogen) atoms. The smallest absolute Gasteiger partial charge is 0.191 e. The van der Waals surface area contributed by atoms with Gasteiger partial charge < -0.3 is 20.3 Å². The first kappa shape index (κ1) is 22.0. The van der Waals surface area contributed by atoms with Gasteiger partial charge in [-0.3, -0.25) is 0 Å². The Labute approximate surface area is 173 Å². The maximum absolute atomic E-state index is 5.39. The quantitative estimate of drug-likeness (QED) is 0.371. The number of anilines is 1. The molecular formula is C19H28IN5O. The number of methoxy groups -OCH3 is 1. The predicted molar refractivity (Wildman–Crippen MR) is 119 cm³/mol. The second-order valence-corrected chi connectivity index (χ2v) is 5.74. The number of hydrogen-bond acceptors (Lipinski definition) is 4. The van der Waals surface area contributed by atoms with Crippen molar-refractivity contribution in [3.63, 3.8) is 0 Å². The van der Waals surface area contributed by atoms with Crippen molar-refractivity contribution < 1.29 is 4.74 Å². The van der Waals surface area contributed by atoms with Crippen LogP contribution in [0.25, 0.3) is 0 Å². The van der Waals surface area contributed by atoms with E-state index in [2.05, 4.69) is 33.6 Å². The molecule has 1 heterocycles. The number of guanidine groups is 1. The summed E-state index contributed by atoms with van der Waals surface area (Å²) in [6.07, 6.45) is 1.81. The number of benzene rings is 1. The highest BCUT2D eigenvalue weighted by molar-refractivity contribution is 14.0. The zero-order valence-electron chi connectivity index (χ0n) is 15.8. The first-order chi connectivity index (χ1) is 12.2. The molecule has 7 heteroatoms. The van der Waals surface area contributed by atoms with Gasteiger partial charge in [0, 0.05) is 44.5 Å². The van der Waals surface area contributed by atoms with Gasteiger partial charge in [0.25, 0.3) is 0 Å². The van der Waals surface area contributed by atoms with Crippen LogP contribution in [-0.2, 0) is 13.1 Å². The summed E-state index contributed by atoms with van der Waals surface area (Å²) in [5, 5.41) is 6.64. The second kappa shape index (κ2) is 11.6. The molecule has 0 saturated carbocycles. The van der Waals surface area contributed by atoms with Crippen molar-refractivity contribution in [2.24, 2.45) is 4.99 Å². The maximum atomic E-state index is 5.39. The van der Waals surface area contributed by atoms with Crippen molar-refractivity contribution in [3.05, 3.63) is 53.7 Å². The number of nitrogens with one attached hydrogen (secondary N) is 2. The predicted octanol–water partition coefficient (Wildman–Crippen LogP) is 3.03. The van der Waals surface area contributed by atoms with Crippen LogP contribution in [-0.4, -0.2) is 38.7 Å². The Morgan fingerprint density at radius 2 is 1.85 bits per heavy atom. The number of halogens is 1. The van der Waals surface area contributed by atoms with Crippen LogP contribution < -0.4 is 20.3 Å². The number of nitrogens with zero attached hydrogens (tertiary/aromatic N) is 3. The molecule has 1 aromatic heterocycles. The van der Waals surface area contributed by atoms with Crippen LogP contribution in [0.4, 0.5) is 5.82 Å². The minimum atomic E-state index is 0. The Bertz CT molecular complexity index is 706. The van der Waals surface area contributed by atoms with Gasteiger partial charge in [-0.05, 0) is 19.1 Å². The molecule has 0 spiro atoms. The number of ether oxygens (including phenoxy) is 1. The molecular weight excluding hydrogens is 441 g/mol. The number of rotatable bonds is 7. The molecule has 2 rings (SSSR count). The molecule has 0 atom stereocenters. The summed E-state index contributed by atoms with van der Waals surface area (Å²) in [6.45, 7) is 4.05. The van der Waals surface area contributed by atoms with Crippen molar-refractivity contribution in [1.82, 2.24) is 15.6 Å². The van der Waals surface area contributed by atoms with Crippen molar-refractivity contribution in [2.45, 2.75) is 20.0 Å². The van der Waals surface area contributed by atoms with Gasteiger partial charge in [-0.1, -0.05) is 24.3 Å². The Balaban J connectivity index is 0.00000338.